The Balaban J connectivity index is 0. The molecule has 2 unspecified atom stereocenters. The largest absolute Gasteiger partial charge is 1.00 e. The average Bonchev–Trinajstić information content (AvgIpc) is 2.50. The maximum atomic E-state index is 10.8. The van der Waals surface area contributed by atoms with E-state index in [1.54, 1.807) is 0 Å². The second-order valence-electron chi connectivity index (χ2n) is 6.80. The molecule has 2 atom stereocenters. The molecule has 140 valence electrons. The summed E-state index contributed by atoms with van der Waals surface area (Å²) in [5, 5.41) is 8.46. The Labute approximate surface area is 172 Å². The number of rotatable bonds is 16. The van der Waals surface area contributed by atoms with Crippen molar-refractivity contribution in [3.05, 3.63) is 0 Å². The SMILES string of the molecule is CCCCCCCCCCCCCCCC(O)C(C)S(=O)(=O)[O-].[Na+]. The third-order valence-corrected chi connectivity index (χ3v) is 5.83. The van der Waals surface area contributed by atoms with Crippen molar-refractivity contribution in [2.45, 2.75) is 115 Å². The molecule has 0 aromatic rings. The number of hydrogen-bond acceptors (Lipinski definition) is 4. The fraction of sp³-hybridized carbons (Fsp3) is 1.00. The molecule has 0 aliphatic heterocycles. The Kier molecular flexibility index (Phi) is 19.5. The third-order valence-electron chi connectivity index (χ3n) is 4.60. The van der Waals surface area contributed by atoms with Crippen molar-refractivity contribution in [1.82, 2.24) is 0 Å². The zero-order valence-corrected chi connectivity index (χ0v) is 19.0. The molecule has 0 aromatic carbocycles. The molecule has 0 fully saturated rings. The predicted octanol–water partition coefficient (Wildman–Crippen LogP) is 1.77. The molecule has 0 saturated carbocycles. The van der Waals surface area contributed by atoms with Crippen molar-refractivity contribution >= 4 is 10.1 Å². The Morgan fingerprint density at radius 3 is 1.46 bits per heavy atom. The number of aliphatic hydroxyl groups excluding tert-OH is 1. The molecule has 0 saturated heterocycles. The van der Waals surface area contributed by atoms with E-state index in [-0.39, 0.29) is 29.6 Å². The summed E-state index contributed by atoms with van der Waals surface area (Å²) in [5.41, 5.74) is 0. The molecule has 0 aromatic heterocycles. The van der Waals surface area contributed by atoms with E-state index < -0.39 is 21.5 Å². The molecule has 0 radical (unpaired) electrons. The second kappa shape index (κ2) is 17.3. The van der Waals surface area contributed by atoms with E-state index in [9.17, 15) is 18.1 Å². The fourth-order valence-corrected chi connectivity index (χ4v) is 3.32. The smallest absolute Gasteiger partial charge is 0.748 e. The van der Waals surface area contributed by atoms with E-state index in [4.69, 9.17) is 0 Å². The van der Waals surface area contributed by atoms with Gasteiger partial charge < -0.3 is 9.66 Å². The van der Waals surface area contributed by atoms with Crippen LogP contribution in [-0.4, -0.2) is 29.4 Å². The minimum atomic E-state index is -4.37. The maximum absolute atomic E-state index is 10.8. The second-order valence-corrected chi connectivity index (χ2v) is 8.53. The van der Waals surface area contributed by atoms with E-state index in [2.05, 4.69) is 6.92 Å². The van der Waals surface area contributed by atoms with E-state index in [1.807, 2.05) is 0 Å². The summed E-state index contributed by atoms with van der Waals surface area (Å²) in [6.07, 6.45) is 15.6. The van der Waals surface area contributed by atoms with Crippen LogP contribution in [0.2, 0.25) is 0 Å². The van der Waals surface area contributed by atoms with Crippen LogP contribution in [0.25, 0.3) is 0 Å². The minimum absolute atomic E-state index is 0. The van der Waals surface area contributed by atoms with Gasteiger partial charge in [0.25, 0.3) is 0 Å². The Hall–Kier alpha value is 0.870. The summed E-state index contributed by atoms with van der Waals surface area (Å²) >= 11 is 0. The first-order valence-corrected chi connectivity index (χ1v) is 11.0. The van der Waals surface area contributed by atoms with E-state index in [0.29, 0.717) is 6.42 Å². The minimum Gasteiger partial charge on any atom is -0.748 e. The van der Waals surface area contributed by atoms with Gasteiger partial charge in [-0.05, 0) is 13.3 Å². The molecule has 1 N–H and O–H groups in total. The van der Waals surface area contributed by atoms with Crippen LogP contribution in [0.15, 0.2) is 0 Å². The summed E-state index contributed by atoms with van der Waals surface area (Å²) in [5.74, 6) is 0. The summed E-state index contributed by atoms with van der Waals surface area (Å²) in [6, 6.07) is 0. The number of hydrogen-bond donors (Lipinski definition) is 1. The van der Waals surface area contributed by atoms with Crippen LogP contribution in [0.4, 0.5) is 0 Å². The van der Waals surface area contributed by atoms with Crippen molar-refractivity contribution in [2.75, 3.05) is 0 Å². The molecule has 6 heteroatoms. The van der Waals surface area contributed by atoms with Crippen LogP contribution in [0, 0.1) is 0 Å². The fourth-order valence-electron chi connectivity index (χ4n) is 2.80. The monoisotopic (exact) mass is 372 g/mol. The standard InChI is InChI=1S/C18H38O4S.Na/c1-3-4-5-6-7-8-9-10-11-12-13-14-15-16-18(19)17(2)23(20,21)22;/h17-19H,3-16H2,1-2H3,(H,20,21,22);/q;+1/p-1. The summed E-state index contributed by atoms with van der Waals surface area (Å²) in [6.45, 7) is 3.53. The number of aliphatic hydroxyl groups is 1. The molecule has 0 bridgehead atoms. The van der Waals surface area contributed by atoms with Crippen molar-refractivity contribution < 1.29 is 47.6 Å². The predicted molar refractivity (Wildman–Crippen MR) is 95.5 cm³/mol. The zero-order chi connectivity index (χ0) is 17.6. The third kappa shape index (κ3) is 16.3. The average molecular weight is 373 g/mol. The molecule has 0 rings (SSSR count). The van der Waals surface area contributed by atoms with Gasteiger partial charge in [0.1, 0.15) is 0 Å². The maximum Gasteiger partial charge on any atom is 1.00 e. The van der Waals surface area contributed by atoms with Crippen molar-refractivity contribution in [2.24, 2.45) is 0 Å². The normalized spacial score (nSPS) is 14.2. The van der Waals surface area contributed by atoms with Gasteiger partial charge >= 0.3 is 29.6 Å². The first kappa shape index (κ1) is 27.1. The molecule has 0 aliphatic carbocycles. The van der Waals surface area contributed by atoms with Crippen LogP contribution < -0.4 is 29.6 Å². The molecular formula is C18H37NaO4S. The van der Waals surface area contributed by atoms with Crippen molar-refractivity contribution in [3.8, 4) is 0 Å². The van der Waals surface area contributed by atoms with E-state index >= 15 is 0 Å². The zero-order valence-electron chi connectivity index (χ0n) is 16.1. The van der Waals surface area contributed by atoms with Crippen LogP contribution >= 0.6 is 0 Å². The van der Waals surface area contributed by atoms with Gasteiger partial charge in [-0.3, -0.25) is 0 Å². The quantitative estimate of drug-likeness (QED) is 0.254. The van der Waals surface area contributed by atoms with Crippen LogP contribution in [0.3, 0.4) is 0 Å². The van der Waals surface area contributed by atoms with Gasteiger partial charge in [0.2, 0.25) is 0 Å². The van der Waals surface area contributed by atoms with Crippen LogP contribution in [-0.2, 0) is 10.1 Å². The van der Waals surface area contributed by atoms with Gasteiger partial charge in [-0.25, -0.2) is 8.42 Å². The van der Waals surface area contributed by atoms with Gasteiger partial charge in [0, 0.05) is 0 Å². The number of unbranched alkanes of at least 4 members (excludes halogenated alkanes) is 12. The Bertz CT molecular complexity index is 360. The summed E-state index contributed by atoms with van der Waals surface area (Å²) in [7, 11) is -4.37. The van der Waals surface area contributed by atoms with E-state index in [1.165, 1.54) is 71.1 Å². The van der Waals surface area contributed by atoms with Crippen molar-refractivity contribution in [3.63, 3.8) is 0 Å². The first-order valence-electron chi connectivity index (χ1n) is 9.52. The van der Waals surface area contributed by atoms with Gasteiger partial charge in [-0.1, -0.05) is 90.4 Å². The molecule has 0 spiro atoms. The molecule has 4 nitrogen and oxygen atoms in total. The van der Waals surface area contributed by atoms with Crippen molar-refractivity contribution in [1.29, 1.82) is 0 Å². The molecule has 0 amide bonds. The molecule has 0 aliphatic rings. The Morgan fingerprint density at radius 2 is 1.12 bits per heavy atom. The van der Waals surface area contributed by atoms with E-state index in [0.717, 1.165) is 19.3 Å². The summed E-state index contributed by atoms with van der Waals surface area (Å²) < 4.78 is 32.4. The van der Waals surface area contributed by atoms with Gasteiger partial charge in [-0.2, -0.15) is 0 Å². The van der Waals surface area contributed by atoms with Gasteiger partial charge in [0.15, 0.2) is 0 Å². The van der Waals surface area contributed by atoms with Crippen LogP contribution in [0.5, 0.6) is 0 Å². The Morgan fingerprint density at radius 1 is 0.792 bits per heavy atom. The first-order chi connectivity index (χ1) is 10.9. The van der Waals surface area contributed by atoms with Crippen LogP contribution in [0.1, 0.15) is 104 Å². The topological polar surface area (TPSA) is 77.4 Å². The molecule has 0 heterocycles. The molecular weight excluding hydrogens is 335 g/mol. The van der Waals surface area contributed by atoms with Gasteiger partial charge in [0.05, 0.1) is 21.5 Å². The summed E-state index contributed by atoms with van der Waals surface area (Å²) in [4.78, 5) is 0. The molecule has 24 heavy (non-hydrogen) atoms. The van der Waals surface area contributed by atoms with Gasteiger partial charge in [-0.15, -0.1) is 0 Å².